The summed E-state index contributed by atoms with van der Waals surface area (Å²) in [5, 5.41) is -0.124. The minimum absolute atomic E-state index is 0.0648. The van der Waals surface area contributed by atoms with Crippen LogP contribution in [0.25, 0.3) is 10.2 Å². The van der Waals surface area contributed by atoms with Crippen LogP contribution < -0.4 is 4.72 Å². The van der Waals surface area contributed by atoms with E-state index in [4.69, 9.17) is 0 Å². The number of fused-ring (bicyclic) bond motifs is 1. The maximum Gasteiger partial charge on any atom is 0.261 e. The molecular weight excluding hydrogens is 392 g/mol. The van der Waals surface area contributed by atoms with E-state index in [1.165, 1.54) is 48.6 Å². The molecule has 0 amide bonds. The standard InChI is InChI=1S/C17H14N2O4S3/c1-11(20)24-9-16(21)12-2-4-13(5-3-12)19-26(22,23)14-6-7-15-17(8-14)25-10-18-15/h2-8,10,19H,9H2,1H3. The highest BCUT2D eigenvalue weighted by Gasteiger charge is 2.16. The van der Waals surface area contributed by atoms with Crippen LogP contribution in [0.2, 0.25) is 0 Å². The van der Waals surface area contributed by atoms with Crippen LogP contribution in [0.3, 0.4) is 0 Å². The molecule has 134 valence electrons. The van der Waals surface area contributed by atoms with Crippen molar-refractivity contribution in [3.05, 3.63) is 53.5 Å². The molecule has 2 aromatic carbocycles. The van der Waals surface area contributed by atoms with Crippen LogP contribution in [0.1, 0.15) is 17.3 Å². The first kappa shape index (κ1) is 18.6. The number of Topliss-reactive ketones (excluding diaryl/α,β-unsaturated/α-hetero) is 1. The molecule has 0 saturated carbocycles. The van der Waals surface area contributed by atoms with Crippen molar-refractivity contribution in [3.63, 3.8) is 0 Å². The normalized spacial score (nSPS) is 11.4. The fraction of sp³-hybridized carbons (Fsp3) is 0.118. The van der Waals surface area contributed by atoms with E-state index in [0.29, 0.717) is 11.3 Å². The first-order valence-corrected chi connectivity index (χ1v) is 10.8. The summed E-state index contributed by atoms with van der Waals surface area (Å²) >= 11 is 2.31. The van der Waals surface area contributed by atoms with E-state index in [-0.39, 0.29) is 21.5 Å². The van der Waals surface area contributed by atoms with Crippen LogP contribution in [0.5, 0.6) is 0 Å². The van der Waals surface area contributed by atoms with E-state index in [2.05, 4.69) is 9.71 Å². The Morgan fingerprint density at radius 2 is 1.88 bits per heavy atom. The highest BCUT2D eigenvalue weighted by Crippen LogP contribution is 2.23. The number of carbonyl (C=O) groups is 2. The highest BCUT2D eigenvalue weighted by atomic mass is 32.2. The first-order valence-electron chi connectivity index (χ1n) is 7.48. The molecule has 0 fully saturated rings. The number of nitrogens with one attached hydrogen (secondary N) is 1. The first-order chi connectivity index (χ1) is 12.3. The van der Waals surface area contributed by atoms with E-state index in [0.717, 1.165) is 22.0 Å². The zero-order valence-corrected chi connectivity index (χ0v) is 16.1. The summed E-state index contributed by atoms with van der Waals surface area (Å²) in [4.78, 5) is 27.1. The van der Waals surface area contributed by atoms with Gasteiger partial charge in [-0.3, -0.25) is 14.3 Å². The molecule has 1 N–H and O–H groups in total. The Bertz CT molecular complexity index is 1070. The van der Waals surface area contributed by atoms with Crippen LogP contribution >= 0.6 is 23.1 Å². The molecule has 0 spiro atoms. The van der Waals surface area contributed by atoms with Crippen LogP contribution in [0.15, 0.2) is 52.9 Å². The Kier molecular flexibility index (Phi) is 5.40. The average molecular weight is 407 g/mol. The molecule has 0 aliphatic carbocycles. The Labute approximate surface area is 158 Å². The van der Waals surface area contributed by atoms with Gasteiger partial charge in [0.25, 0.3) is 10.0 Å². The lowest BCUT2D eigenvalue weighted by Gasteiger charge is -2.09. The van der Waals surface area contributed by atoms with Crippen LogP contribution in [0, 0.1) is 0 Å². The molecule has 0 bridgehead atoms. The van der Waals surface area contributed by atoms with Gasteiger partial charge in [-0.15, -0.1) is 11.3 Å². The molecule has 3 rings (SSSR count). The molecule has 0 aliphatic heterocycles. The summed E-state index contributed by atoms with van der Waals surface area (Å²) < 4.78 is 28.3. The van der Waals surface area contributed by atoms with Crippen LogP contribution in [-0.2, 0) is 14.8 Å². The number of carbonyl (C=O) groups excluding carboxylic acids is 2. The number of nitrogens with zero attached hydrogens (tertiary/aromatic N) is 1. The number of hydrogen-bond donors (Lipinski definition) is 1. The Balaban J connectivity index is 1.75. The van der Waals surface area contributed by atoms with Gasteiger partial charge in [0.1, 0.15) is 0 Å². The van der Waals surface area contributed by atoms with Gasteiger partial charge in [-0.1, -0.05) is 11.8 Å². The van der Waals surface area contributed by atoms with Crippen LogP contribution in [0.4, 0.5) is 5.69 Å². The largest absolute Gasteiger partial charge is 0.293 e. The fourth-order valence-corrected chi connectivity index (χ4v) is 4.57. The monoisotopic (exact) mass is 406 g/mol. The number of hydrogen-bond acceptors (Lipinski definition) is 7. The summed E-state index contributed by atoms with van der Waals surface area (Å²) in [6.07, 6.45) is 0. The third-order valence-electron chi connectivity index (χ3n) is 3.48. The van der Waals surface area contributed by atoms with Crippen molar-refractivity contribution in [2.24, 2.45) is 0 Å². The Morgan fingerprint density at radius 1 is 1.15 bits per heavy atom. The van der Waals surface area contributed by atoms with Gasteiger partial charge in [-0.25, -0.2) is 13.4 Å². The van der Waals surface area contributed by atoms with Gasteiger partial charge < -0.3 is 0 Å². The zero-order valence-electron chi connectivity index (χ0n) is 13.6. The second kappa shape index (κ2) is 7.56. The van der Waals surface area contributed by atoms with Crippen molar-refractivity contribution < 1.29 is 18.0 Å². The quantitative estimate of drug-likeness (QED) is 0.629. The summed E-state index contributed by atoms with van der Waals surface area (Å²) in [6.45, 7) is 1.40. The van der Waals surface area contributed by atoms with Crippen molar-refractivity contribution in [2.45, 2.75) is 11.8 Å². The van der Waals surface area contributed by atoms with Crippen molar-refractivity contribution in [1.82, 2.24) is 4.98 Å². The number of thiazole rings is 1. The molecular formula is C17H14N2O4S3. The van der Waals surface area contributed by atoms with Gasteiger partial charge in [0, 0.05) is 18.2 Å². The second-order valence-corrected chi connectivity index (χ2v) is 9.09. The summed E-state index contributed by atoms with van der Waals surface area (Å²) in [5.41, 5.74) is 3.19. The molecule has 0 aliphatic rings. The predicted molar refractivity (Wildman–Crippen MR) is 104 cm³/mol. The molecule has 0 saturated heterocycles. The van der Waals surface area contributed by atoms with E-state index >= 15 is 0 Å². The number of ketones is 1. The SMILES string of the molecule is CC(=O)SCC(=O)c1ccc(NS(=O)(=O)c2ccc3ncsc3c2)cc1. The summed E-state index contributed by atoms with van der Waals surface area (Å²) in [6, 6.07) is 10.9. The Hall–Kier alpha value is -2.23. The second-order valence-electron chi connectivity index (χ2n) is 5.37. The van der Waals surface area contributed by atoms with Crippen molar-refractivity contribution in [2.75, 3.05) is 10.5 Å². The lowest BCUT2D eigenvalue weighted by Crippen LogP contribution is -2.13. The van der Waals surface area contributed by atoms with Crippen molar-refractivity contribution >= 4 is 59.9 Å². The van der Waals surface area contributed by atoms with Crippen molar-refractivity contribution in [1.29, 1.82) is 0 Å². The number of benzene rings is 2. The summed E-state index contributed by atoms with van der Waals surface area (Å²) in [7, 11) is -3.74. The van der Waals surface area contributed by atoms with Crippen LogP contribution in [-0.4, -0.2) is 30.1 Å². The molecule has 0 unspecified atom stereocenters. The zero-order chi connectivity index (χ0) is 18.7. The van der Waals surface area contributed by atoms with Gasteiger partial charge >= 0.3 is 0 Å². The van der Waals surface area contributed by atoms with Gasteiger partial charge in [0.15, 0.2) is 10.9 Å². The van der Waals surface area contributed by atoms with Crippen molar-refractivity contribution in [3.8, 4) is 0 Å². The van der Waals surface area contributed by atoms with Gasteiger partial charge in [-0.05, 0) is 42.5 Å². The smallest absolute Gasteiger partial charge is 0.261 e. The third-order valence-corrected chi connectivity index (χ3v) is 6.46. The minimum atomic E-state index is -3.74. The minimum Gasteiger partial charge on any atom is -0.293 e. The average Bonchev–Trinajstić information content (AvgIpc) is 3.07. The molecule has 1 heterocycles. The van der Waals surface area contributed by atoms with E-state index in [1.54, 1.807) is 17.6 Å². The lowest BCUT2D eigenvalue weighted by atomic mass is 10.1. The molecule has 0 radical (unpaired) electrons. The maximum absolute atomic E-state index is 12.5. The van der Waals surface area contributed by atoms with E-state index in [9.17, 15) is 18.0 Å². The number of thioether (sulfide) groups is 1. The van der Waals surface area contributed by atoms with Gasteiger partial charge in [-0.2, -0.15) is 0 Å². The van der Waals surface area contributed by atoms with Gasteiger partial charge in [0.2, 0.25) is 0 Å². The molecule has 26 heavy (non-hydrogen) atoms. The van der Waals surface area contributed by atoms with E-state index in [1.807, 2.05) is 0 Å². The number of anilines is 1. The van der Waals surface area contributed by atoms with E-state index < -0.39 is 10.0 Å². The number of sulfonamides is 1. The number of rotatable bonds is 6. The molecule has 9 heteroatoms. The van der Waals surface area contributed by atoms with Gasteiger partial charge in [0.05, 0.1) is 26.4 Å². The predicted octanol–water partition coefficient (Wildman–Crippen LogP) is 3.56. The molecule has 6 nitrogen and oxygen atoms in total. The highest BCUT2D eigenvalue weighted by molar-refractivity contribution is 8.14. The molecule has 1 aromatic heterocycles. The lowest BCUT2D eigenvalue weighted by molar-refractivity contribution is -0.109. The Morgan fingerprint density at radius 3 is 2.58 bits per heavy atom. The maximum atomic E-state index is 12.5. The number of aromatic nitrogens is 1. The fourth-order valence-electron chi connectivity index (χ4n) is 2.19. The molecule has 3 aromatic rings. The molecule has 0 atom stereocenters. The topological polar surface area (TPSA) is 93.2 Å². The summed E-state index contributed by atoms with van der Waals surface area (Å²) in [5.74, 6) is -0.120. The third kappa shape index (κ3) is 4.29.